The number of likely N-dealkylation sites (tertiary alicyclic amines) is 1. The molecule has 2 aliphatic heterocycles. The van der Waals surface area contributed by atoms with Gasteiger partial charge in [-0.25, -0.2) is 4.68 Å². The lowest BCUT2D eigenvalue weighted by Crippen LogP contribution is -2.38. The van der Waals surface area contributed by atoms with Gasteiger partial charge < -0.3 is 5.32 Å². The summed E-state index contributed by atoms with van der Waals surface area (Å²) in [4.78, 5) is 2.51. The first-order valence-corrected chi connectivity index (χ1v) is 9.19. The molecule has 25 heavy (non-hydrogen) atoms. The predicted molar refractivity (Wildman–Crippen MR) is 103 cm³/mol. The van der Waals surface area contributed by atoms with Crippen LogP contribution in [0, 0.1) is 5.41 Å². The fourth-order valence-electron chi connectivity index (χ4n) is 3.88. The van der Waals surface area contributed by atoms with E-state index in [2.05, 4.69) is 20.5 Å². The quantitative estimate of drug-likeness (QED) is 0.852. The number of halogens is 3. The van der Waals surface area contributed by atoms with Crippen LogP contribution in [0.15, 0.2) is 24.4 Å². The predicted octanol–water partition coefficient (Wildman–Crippen LogP) is 3.57. The highest BCUT2D eigenvalue weighted by Crippen LogP contribution is 2.38. The number of nitrogens with zero attached hydrogens (tertiary/aromatic N) is 4. The van der Waals surface area contributed by atoms with Crippen LogP contribution in [-0.2, 0) is 6.54 Å². The van der Waals surface area contributed by atoms with Crippen molar-refractivity contribution >= 4 is 35.6 Å². The Morgan fingerprint density at radius 2 is 1.92 bits per heavy atom. The molecule has 0 aliphatic carbocycles. The maximum absolute atomic E-state index is 6.08. The van der Waals surface area contributed by atoms with Gasteiger partial charge in [0, 0.05) is 13.1 Å². The van der Waals surface area contributed by atoms with Crippen LogP contribution in [0.25, 0.3) is 5.69 Å². The van der Waals surface area contributed by atoms with E-state index in [-0.39, 0.29) is 12.4 Å². The Hall–Kier alpha value is -0.850. The first-order valence-electron chi connectivity index (χ1n) is 8.43. The summed E-state index contributed by atoms with van der Waals surface area (Å²) in [5.41, 5.74) is 2.39. The third-order valence-electron chi connectivity index (χ3n) is 5.28. The van der Waals surface area contributed by atoms with Gasteiger partial charge in [-0.3, -0.25) is 4.90 Å². The first-order chi connectivity index (χ1) is 11.6. The molecule has 136 valence electrons. The van der Waals surface area contributed by atoms with Crippen molar-refractivity contribution in [2.75, 3.05) is 26.2 Å². The van der Waals surface area contributed by atoms with E-state index in [1.807, 2.05) is 18.3 Å². The minimum Gasteiger partial charge on any atom is -0.317 e. The van der Waals surface area contributed by atoms with Crippen LogP contribution < -0.4 is 5.32 Å². The van der Waals surface area contributed by atoms with Crippen LogP contribution >= 0.6 is 35.6 Å². The minimum absolute atomic E-state index is 0. The Morgan fingerprint density at radius 1 is 1.12 bits per heavy atom. The van der Waals surface area contributed by atoms with Crippen molar-refractivity contribution in [3.05, 3.63) is 40.1 Å². The summed E-state index contributed by atoms with van der Waals surface area (Å²) in [5, 5.41) is 13.1. The fourth-order valence-corrected chi connectivity index (χ4v) is 4.17. The first kappa shape index (κ1) is 18.9. The van der Waals surface area contributed by atoms with Crippen molar-refractivity contribution in [3.8, 4) is 5.69 Å². The van der Waals surface area contributed by atoms with Crippen molar-refractivity contribution in [1.82, 2.24) is 25.2 Å². The molecule has 1 spiro atoms. The lowest BCUT2D eigenvalue weighted by atomic mass is 9.78. The molecule has 1 N–H and O–H groups in total. The van der Waals surface area contributed by atoms with Gasteiger partial charge in [-0.15, -0.1) is 17.5 Å². The Kier molecular flexibility index (Phi) is 5.91. The number of rotatable bonds is 3. The van der Waals surface area contributed by atoms with Gasteiger partial charge in [0.1, 0.15) is 0 Å². The minimum atomic E-state index is 0. The molecule has 2 aromatic rings. The molecule has 0 radical (unpaired) electrons. The molecule has 0 amide bonds. The molecular weight excluding hydrogens is 381 g/mol. The Morgan fingerprint density at radius 3 is 2.68 bits per heavy atom. The number of hydrogen-bond donors (Lipinski definition) is 1. The van der Waals surface area contributed by atoms with E-state index in [9.17, 15) is 0 Å². The second-order valence-corrected chi connectivity index (χ2v) is 7.78. The molecule has 1 aromatic heterocycles. The number of piperidine rings is 1. The van der Waals surface area contributed by atoms with Crippen molar-refractivity contribution in [3.63, 3.8) is 0 Å². The average molecular weight is 403 g/mol. The summed E-state index contributed by atoms with van der Waals surface area (Å²) in [5.74, 6) is 0. The third kappa shape index (κ3) is 4.12. The lowest BCUT2D eigenvalue weighted by molar-refractivity contribution is 0.193. The molecule has 0 bridgehead atoms. The fraction of sp³-hybridized carbons (Fsp3) is 0.529. The zero-order valence-corrected chi connectivity index (χ0v) is 16.2. The van der Waals surface area contributed by atoms with Gasteiger partial charge in [0.2, 0.25) is 0 Å². The van der Waals surface area contributed by atoms with Gasteiger partial charge in [0.05, 0.1) is 27.6 Å². The molecule has 2 aliphatic rings. The van der Waals surface area contributed by atoms with Gasteiger partial charge in [0.25, 0.3) is 0 Å². The zero-order chi connectivity index (χ0) is 16.6. The second-order valence-electron chi connectivity index (χ2n) is 6.96. The molecule has 0 unspecified atom stereocenters. The van der Waals surface area contributed by atoms with Gasteiger partial charge >= 0.3 is 0 Å². The van der Waals surface area contributed by atoms with E-state index in [4.69, 9.17) is 23.2 Å². The summed E-state index contributed by atoms with van der Waals surface area (Å²) < 4.78 is 1.76. The lowest BCUT2D eigenvalue weighted by Gasteiger charge is -2.33. The molecule has 0 atom stereocenters. The van der Waals surface area contributed by atoms with Gasteiger partial charge in [-0.2, -0.15) is 0 Å². The van der Waals surface area contributed by atoms with E-state index >= 15 is 0 Å². The van der Waals surface area contributed by atoms with Crippen LogP contribution in [0.1, 0.15) is 25.0 Å². The molecule has 4 rings (SSSR count). The number of nitrogens with one attached hydrogen (secondary N) is 1. The Bertz CT molecular complexity index is 727. The SMILES string of the molecule is Cl.Clc1ccc(-n2cc(CN3CCC4(CCNCC4)C3)nn2)cc1Cl. The summed E-state index contributed by atoms with van der Waals surface area (Å²) in [6, 6.07) is 5.48. The monoisotopic (exact) mass is 401 g/mol. The van der Waals surface area contributed by atoms with Crippen molar-refractivity contribution < 1.29 is 0 Å². The molecule has 1 aromatic carbocycles. The number of hydrogen-bond acceptors (Lipinski definition) is 4. The topological polar surface area (TPSA) is 46.0 Å². The van der Waals surface area contributed by atoms with Crippen LogP contribution in [0.3, 0.4) is 0 Å². The van der Waals surface area contributed by atoms with E-state index in [1.165, 1.54) is 25.8 Å². The molecular formula is C17H22Cl3N5. The van der Waals surface area contributed by atoms with Crippen LogP contribution in [0.2, 0.25) is 10.0 Å². The van der Waals surface area contributed by atoms with Crippen molar-refractivity contribution in [2.45, 2.75) is 25.8 Å². The van der Waals surface area contributed by atoms with E-state index in [0.29, 0.717) is 15.5 Å². The van der Waals surface area contributed by atoms with E-state index in [1.54, 1.807) is 10.7 Å². The maximum Gasteiger partial charge on any atom is 0.0971 e. The second kappa shape index (κ2) is 7.80. The molecule has 3 heterocycles. The van der Waals surface area contributed by atoms with Crippen molar-refractivity contribution in [2.24, 2.45) is 5.41 Å². The summed E-state index contributed by atoms with van der Waals surface area (Å²) in [7, 11) is 0. The number of benzene rings is 1. The highest BCUT2D eigenvalue weighted by molar-refractivity contribution is 6.42. The Labute approximate surface area is 164 Å². The van der Waals surface area contributed by atoms with Crippen molar-refractivity contribution in [1.29, 1.82) is 0 Å². The molecule has 5 nitrogen and oxygen atoms in total. The Balaban J connectivity index is 0.00000182. The van der Waals surface area contributed by atoms with Crippen LogP contribution in [0.5, 0.6) is 0 Å². The largest absolute Gasteiger partial charge is 0.317 e. The van der Waals surface area contributed by atoms with E-state index in [0.717, 1.165) is 37.6 Å². The standard InChI is InChI=1S/C17H21Cl2N5.ClH/c18-15-2-1-14(9-16(15)19)24-11-13(21-22-24)10-23-8-5-17(12-23)3-6-20-7-4-17;/h1-2,9,11,20H,3-8,10,12H2;1H. The molecule has 2 fully saturated rings. The smallest absolute Gasteiger partial charge is 0.0971 e. The highest BCUT2D eigenvalue weighted by atomic mass is 35.5. The molecule has 8 heteroatoms. The number of aromatic nitrogens is 3. The summed E-state index contributed by atoms with van der Waals surface area (Å²) >= 11 is 12.1. The van der Waals surface area contributed by atoms with Crippen LogP contribution in [0.4, 0.5) is 0 Å². The third-order valence-corrected chi connectivity index (χ3v) is 6.01. The van der Waals surface area contributed by atoms with E-state index < -0.39 is 0 Å². The average Bonchev–Trinajstić information content (AvgIpc) is 3.19. The molecule has 0 saturated carbocycles. The van der Waals surface area contributed by atoms with Gasteiger partial charge in [-0.05, 0) is 62.5 Å². The zero-order valence-electron chi connectivity index (χ0n) is 13.9. The highest BCUT2D eigenvalue weighted by Gasteiger charge is 2.38. The molecule has 2 saturated heterocycles. The van der Waals surface area contributed by atoms with Gasteiger partial charge in [0.15, 0.2) is 0 Å². The van der Waals surface area contributed by atoms with Gasteiger partial charge in [-0.1, -0.05) is 28.4 Å². The normalized spacial score (nSPS) is 19.9. The summed E-state index contributed by atoms with van der Waals surface area (Å²) in [6.07, 6.45) is 5.86. The summed E-state index contributed by atoms with van der Waals surface area (Å²) in [6.45, 7) is 5.49. The maximum atomic E-state index is 6.08. The van der Waals surface area contributed by atoms with Crippen LogP contribution in [-0.4, -0.2) is 46.1 Å².